The molecule has 0 spiro atoms. The predicted molar refractivity (Wildman–Crippen MR) is 58.1 cm³/mol. The maximum absolute atomic E-state index is 3.60. The van der Waals surface area contributed by atoms with Crippen molar-refractivity contribution in [3.8, 4) is 0 Å². The molecule has 0 amide bonds. The van der Waals surface area contributed by atoms with Crippen molar-refractivity contribution >= 4 is 11.3 Å². The van der Waals surface area contributed by atoms with Gasteiger partial charge in [-0.1, -0.05) is 6.92 Å². The molecule has 1 saturated carbocycles. The summed E-state index contributed by atoms with van der Waals surface area (Å²) in [5.74, 6) is 0.946. The molecule has 0 unspecified atom stereocenters. The maximum atomic E-state index is 3.60. The van der Waals surface area contributed by atoms with Gasteiger partial charge in [0.1, 0.15) is 0 Å². The molecule has 1 nitrogen and oxygen atoms in total. The molecule has 1 fully saturated rings. The van der Waals surface area contributed by atoms with Crippen LogP contribution in [0.2, 0.25) is 0 Å². The zero-order valence-corrected chi connectivity index (χ0v) is 9.16. The Morgan fingerprint density at radius 1 is 1.54 bits per heavy atom. The highest BCUT2D eigenvalue weighted by Crippen LogP contribution is 2.27. The van der Waals surface area contributed by atoms with E-state index < -0.39 is 0 Å². The Kier molecular flexibility index (Phi) is 2.70. The van der Waals surface area contributed by atoms with Gasteiger partial charge in [0, 0.05) is 17.5 Å². The minimum absolute atomic E-state index is 0.788. The highest BCUT2D eigenvalue weighted by Gasteiger charge is 2.24. The summed E-state index contributed by atoms with van der Waals surface area (Å²) in [5, 5.41) is 5.78. The lowest BCUT2D eigenvalue weighted by molar-refractivity contribution is 0.241. The highest BCUT2D eigenvalue weighted by atomic mass is 32.1. The summed E-state index contributed by atoms with van der Waals surface area (Å²) in [7, 11) is 0. The lowest BCUT2D eigenvalue weighted by Gasteiger charge is -2.33. The van der Waals surface area contributed by atoms with E-state index in [-0.39, 0.29) is 0 Å². The van der Waals surface area contributed by atoms with Crippen molar-refractivity contribution in [3.63, 3.8) is 0 Å². The third-order valence-corrected chi connectivity index (χ3v) is 3.92. The highest BCUT2D eigenvalue weighted by molar-refractivity contribution is 7.10. The molecule has 2 rings (SSSR count). The van der Waals surface area contributed by atoms with E-state index in [1.54, 1.807) is 0 Å². The van der Waals surface area contributed by atoms with Gasteiger partial charge in [-0.05, 0) is 42.7 Å². The van der Waals surface area contributed by atoms with Gasteiger partial charge in [-0.25, -0.2) is 0 Å². The van der Waals surface area contributed by atoms with Gasteiger partial charge in [0.15, 0.2) is 0 Å². The van der Waals surface area contributed by atoms with Crippen molar-refractivity contribution in [2.45, 2.75) is 39.3 Å². The topological polar surface area (TPSA) is 12.0 Å². The van der Waals surface area contributed by atoms with E-state index in [0.29, 0.717) is 0 Å². The smallest absolute Gasteiger partial charge is 0.0304 e. The Bertz CT molecular complexity index is 273. The first-order chi connectivity index (χ1) is 6.25. The molecule has 13 heavy (non-hydrogen) atoms. The Morgan fingerprint density at radius 2 is 2.31 bits per heavy atom. The van der Waals surface area contributed by atoms with Crippen molar-refractivity contribution in [2.75, 3.05) is 0 Å². The van der Waals surface area contributed by atoms with E-state index in [9.17, 15) is 0 Å². The number of rotatable bonds is 3. The van der Waals surface area contributed by atoms with Crippen LogP contribution in [-0.2, 0) is 6.54 Å². The fraction of sp³-hybridized carbons (Fsp3) is 0.636. The lowest BCUT2D eigenvalue weighted by atomic mass is 9.82. The Morgan fingerprint density at radius 3 is 2.85 bits per heavy atom. The molecule has 0 atom stereocenters. The molecular formula is C11H17NS. The molecule has 1 aliphatic carbocycles. The molecular weight excluding hydrogens is 178 g/mol. The van der Waals surface area contributed by atoms with Gasteiger partial charge in [0.2, 0.25) is 0 Å². The van der Waals surface area contributed by atoms with E-state index in [2.05, 4.69) is 30.6 Å². The monoisotopic (exact) mass is 195 g/mol. The van der Waals surface area contributed by atoms with Crippen molar-refractivity contribution < 1.29 is 0 Å². The van der Waals surface area contributed by atoms with Gasteiger partial charge in [0.05, 0.1) is 0 Å². The summed E-state index contributed by atoms with van der Waals surface area (Å²) in [6.07, 6.45) is 2.73. The van der Waals surface area contributed by atoms with Gasteiger partial charge in [-0.3, -0.25) is 0 Å². The second kappa shape index (κ2) is 3.81. The van der Waals surface area contributed by atoms with Gasteiger partial charge in [0.25, 0.3) is 0 Å². The van der Waals surface area contributed by atoms with Gasteiger partial charge in [-0.2, -0.15) is 0 Å². The third kappa shape index (κ3) is 2.12. The molecule has 1 aliphatic rings. The molecule has 0 radical (unpaired) electrons. The normalized spacial score (nSPS) is 27.2. The number of aryl methyl sites for hydroxylation is 1. The SMILES string of the molecule is Cc1ccsc1CNC1CC(C)C1. The number of nitrogens with one attached hydrogen (secondary N) is 1. The van der Waals surface area contributed by atoms with Crippen LogP contribution in [0.5, 0.6) is 0 Å². The molecule has 0 aromatic carbocycles. The Balaban J connectivity index is 1.77. The second-order valence-corrected chi connectivity index (χ2v) is 5.18. The summed E-state index contributed by atoms with van der Waals surface area (Å²) < 4.78 is 0. The summed E-state index contributed by atoms with van der Waals surface area (Å²) in [5.41, 5.74) is 1.44. The molecule has 0 saturated heterocycles. The molecule has 72 valence electrons. The molecule has 0 aliphatic heterocycles. The fourth-order valence-corrected chi connectivity index (χ4v) is 2.75. The summed E-state index contributed by atoms with van der Waals surface area (Å²) in [6, 6.07) is 2.99. The number of hydrogen-bond donors (Lipinski definition) is 1. The van der Waals surface area contributed by atoms with E-state index >= 15 is 0 Å². The average molecular weight is 195 g/mol. The first-order valence-electron chi connectivity index (χ1n) is 5.02. The summed E-state index contributed by atoms with van der Waals surface area (Å²) in [6.45, 7) is 5.59. The quantitative estimate of drug-likeness (QED) is 0.782. The molecule has 0 bridgehead atoms. The van der Waals surface area contributed by atoms with Crippen LogP contribution in [0, 0.1) is 12.8 Å². The molecule has 1 heterocycles. The van der Waals surface area contributed by atoms with Gasteiger partial charge >= 0.3 is 0 Å². The van der Waals surface area contributed by atoms with E-state index in [4.69, 9.17) is 0 Å². The van der Waals surface area contributed by atoms with Crippen LogP contribution in [0.25, 0.3) is 0 Å². The second-order valence-electron chi connectivity index (χ2n) is 4.18. The Labute approximate surface area is 84.2 Å². The average Bonchev–Trinajstić information content (AvgIpc) is 2.43. The standard InChI is InChI=1S/C11H17NS/c1-8-5-10(6-8)12-7-11-9(2)3-4-13-11/h3-4,8,10,12H,5-7H2,1-2H3. The minimum atomic E-state index is 0.788. The van der Waals surface area contributed by atoms with E-state index in [1.165, 1.54) is 23.3 Å². The molecule has 1 aromatic heterocycles. The zero-order valence-electron chi connectivity index (χ0n) is 8.34. The predicted octanol–water partition coefficient (Wildman–Crippen LogP) is 2.94. The van der Waals surface area contributed by atoms with Crippen LogP contribution >= 0.6 is 11.3 Å². The van der Waals surface area contributed by atoms with Crippen LogP contribution in [0.15, 0.2) is 11.4 Å². The van der Waals surface area contributed by atoms with E-state index in [0.717, 1.165) is 18.5 Å². The van der Waals surface area contributed by atoms with Crippen molar-refractivity contribution in [1.82, 2.24) is 5.32 Å². The molecule has 1 N–H and O–H groups in total. The van der Waals surface area contributed by atoms with Gasteiger partial charge < -0.3 is 5.32 Å². The Hall–Kier alpha value is -0.340. The lowest BCUT2D eigenvalue weighted by Crippen LogP contribution is -2.39. The van der Waals surface area contributed by atoms with Crippen molar-refractivity contribution in [3.05, 3.63) is 21.9 Å². The largest absolute Gasteiger partial charge is 0.309 e. The first kappa shape index (κ1) is 9.22. The number of thiophene rings is 1. The fourth-order valence-electron chi connectivity index (χ4n) is 1.89. The van der Waals surface area contributed by atoms with Crippen molar-refractivity contribution in [1.29, 1.82) is 0 Å². The third-order valence-electron chi connectivity index (χ3n) is 2.89. The van der Waals surface area contributed by atoms with Crippen molar-refractivity contribution in [2.24, 2.45) is 5.92 Å². The van der Waals surface area contributed by atoms with Gasteiger partial charge in [-0.15, -0.1) is 11.3 Å². The van der Waals surface area contributed by atoms with Crippen LogP contribution in [0.4, 0.5) is 0 Å². The molecule has 2 heteroatoms. The summed E-state index contributed by atoms with van der Waals surface area (Å²) >= 11 is 1.86. The first-order valence-corrected chi connectivity index (χ1v) is 5.90. The molecule has 1 aromatic rings. The zero-order chi connectivity index (χ0) is 9.26. The maximum Gasteiger partial charge on any atom is 0.0304 e. The van der Waals surface area contributed by atoms with Crippen LogP contribution in [-0.4, -0.2) is 6.04 Å². The van der Waals surface area contributed by atoms with E-state index in [1.807, 2.05) is 11.3 Å². The summed E-state index contributed by atoms with van der Waals surface area (Å²) in [4.78, 5) is 1.50. The van der Waals surface area contributed by atoms with Crippen LogP contribution < -0.4 is 5.32 Å². The van der Waals surface area contributed by atoms with Crippen LogP contribution in [0.3, 0.4) is 0 Å². The number of hydrogen-bond acceptors (Lipinski definition) is 2. The van der Waals surface area contributed by atoms with Crippen LogP contribution in [0.1, 0.15) is 30.2 Å². The minimum Gasteiger partial charge on any atom is -0.309 e.